The molecule has 29 heavy (non-hydrogen) atoms. The van der Waals surface area contributed by atoms with Crippen LogP contribution >= 0.6 is 0 Å². The number of nitrogens with one attached hydrogen (secondary N) is 2. The SMILES string of the molecule is CN(C)c1cccc(C2=CCN(C(=O)C3NCC4(CC4)CC3C(=O)NO)CC2)c1. The van der Waals surface area contributed by atoms with Gasteiger partial charge in [0, 0.05) is 39.4 Å². The molecule has 1 spiro atoms. The molecule has 3 N–H and O–H groups in total. The molecule has 1 aromatic rings. The molecule has 2 aliphatic heterocycles. The number of rotatable bonds is 4. The first-order chi connectivity index (χ1) is 13.9. The number of piperidine rings is 1. The van der Waals surface area contributed by atoms with Crippen LogP contribution in [0.2, 0.25) is 0 Å². The smallest absolute Gasteiger partial charge is 0.248 e. The fraction of sp³-hybridized carbons (Fsp3) is 0.545. The summed E-state index contributed by atoms with van der Waals surface area (Å²) < 4.78 is 0. The molecule has 0 bridgehead atoms. The lowest BCUT2D eigenvalue weighted by Gasteiger charge is -2.38. The van der Waals surface area contributed by atoms with Gasteiger partial charge in [-0.05, 0) is 54.4 Å². The Morgan fingerprint density at radius 2 is 2.10 bits per heavy atom. The standard InChI is InChI=1S/C22H30N4O3/c1-25(2)17-5-3-4-16(12-17)15-6-10-26(11-7-15)21(28)19-18(20(27)24-29)13-22(8-9-22)14-23-19/h3-6,12,18-19,23,29H,7-11,13-14H2,1-2H3,(H,24,27). The predicted octanol–water partition coefficient (Wildman–Crippen LogP) is 1.63. The lowest BCUT2D eigenvalue weighted by atomic mass is 9.81. The number of hydroxylamine groups is 1. The third-order valence-corrected chi connectivity index (χ3v) is 6.68. The zero-order valence-electron chi connectivity index (χ0n) is 17.1. The Morgan fingerprint density at radius 1 is 1.31 bits per heavy atom. The molecule has 1 aromatic carbocycles. The van der Waals surface area contributed by atoms with Crippen LogP contribution in [0.1, 0.15) is 31.2 Å². The maximum absolute atomic E-state index is 13.2. The molecule has 2 unspecified atom stereocenters. The van der Waals surface area contributed by atoms with Crippen LogP contribution in [-0.4, -0.2) is 61.7 Å². The first-order valence-electron chi connectivity index (χ1n) is 10.4. The molecule has 3 aliphatic rings. The summed E-state index contributed by atoms with van der Waals surface area (Å²) in [5, 5.41) is 12.5. The summed E-state index contributed by atoms with van der Waals surface area (Å²) in [5.41, 5.74) is 5.49. The third-order valence-electron chi connectivity index (χ3n) is 6.68. The van der Waals surface area contributed by atoms with Gasteiger partial charge in [0.15, 0.2) is 0 Å². The van der Waals surface area contributed by atoms with Crippen molar-refractivity contribution in [2.45, 2.75) is 31.7 Å². The minimum absolute atomic E-state index is 0.0496. The Morgan fingerprint density at radius 3 is 2.72 bits per heavy atom. The van der Waals surface area contributed by atoms with Gasteiger partial charge in [-0.2, -0.15) is 0 Å². The van der Waals surface area contributed by atoms with E-state index in [9.17, 15) is 9.59 Å². The minimum Gasteiger partial charge on any atom is -0.378 e. The van der Waals surface area contributed by atoms with Crippen LogP contribution in [0.3, 0.4) is 0 Å². The summed E-state index contributed by atoms with van der Waals surface area (Å²) in [6, 6.07) is 7.84. The second-order valence-electron chi connectivity index (χ2n) is 8.85. The fourth-order valence-electron chi connectivity index (χ4n) is 4.58. The largest absolute Gasteiger partial charge is 0.378 e. The van der Waals surface area contributed by atoms with E-state index in [0.29, 0.717) is 19.5 Å². The lowest BCUT2D eigenvalue weighted by molar-refractivity contribution is -0.144. The summed E-state index contributed by atoms with van der Waals surface area (Å²) >= 11 is 0. The van der Waals surface area contributed by atoms with Gasteiger partial charge in [0.25, 0.3) is 0 Å². The molecule has 2 amide bonds. The maximum Gasteiger partial charge on any atom is 0.248 e. The molecule has 0 radical (unpaired) electrons. The fourth-order valence-corrected chi connectivity index (χ4v) is 4.58. The first-order valence-corrected chi connectivity index (χ1v) is 10.4. The van der Waals surface area contributed by atoms with Crippen LogP contribution in [0, 0.1) is 11.3 Å². The van der Waals surface area contributed by atoms with E-state index in [4.69, 9.17) is 5.21 Å². The second-order valence-corrected chi connectivity index (χ2v) is 8.85. The highest BCUT2D eigenvalue weighted by atomic mass is 16.5. The molecule has 7 nitrogen and oxygen atoms in total. The van der Waals surface area contributed by atoms with Crippen LogP contribution in [0.25, 0.3) is 5.57 Å². The molecule has 2 atom stereocenters. The van der Waals surface area contributed by atoms with Crippen molar-refractivity contribution >= 4 is 23.1 Å². The number of hydrogen-bond donors (Lipinski definition) is 3. The Kier molecular flexibility index (Phi) is 5.36. The number of hydrogen-bond acceptors (Lipinski definition) is 5. The average Bonchev–Trinajstić information content (AvgIpc) is 3.51. The molecular weight excluding hydrogens is 368 g/mol. The topological polar surface area (TPSA) is 84.9 Å². The van der Waals surface area contributed by atoms with E-state index >= 15 is 0 Å². The van der Waals surface area contributed by atoms with E-state index in [0.717, 1.165) is 31.5 Å². The second kappa shape index (κ2) is 7.80. The minimum atomic E-state index is -0.569. The van der Waals surface area contributed by atoms with Gasteiger partial charge >= 0.3 is 0 Å². The van der Waals surface area contributed by atoms with E-state index in [1.165, 1.54) is 11.1 Å². The number of benzene rings is 1. The molecule has 1 aliphatic carbocycles. The van der Waals surface area contributed by atoms with Crippen molar-refractivity contribution in [1.29, 1.82) is 0 Å². The Hall–Kier alpha value is -2.38. The predicted molar refractivity (Wildman–Crippen MR) is 111 cm³/mol. The normalized spacial score (nSPS) is 25.3. The monoisotopic (exact) mass is 398 g/mol. The van der Waals surface area contributed by atoms with Gasteiger partial charge in [0.2, 0.25) is 11.8 Å². The van der Waals surface area contributed by atoms with Gasteiger partial charge in [-0.1, -0.05) is 18.2 Å². The van der Waals surface area contributed by atoms with E-state index < -0.39 is 17.9 Å². The summed E-state index contributed by atoms with van der Waals surface area (Å²) in [4.78, 5) is 29.3. The average molecular weight is 399 g/mol. The van der Waals surface area contributed by atoms with Crippen molar-refractivity contribution < 1.29 is 14.8 Å². The Labute approximate surface area is 171 Å². The van der Waals surface area contributed by atoms with Crippen LogP contribution in [-0.2, 0) is 9.59 Å². The summed E-state index contributed by atoms with van der Waals surface area (Å²) in [5.74, 6) is -1.03. The number of amides is 2. The highest BCUT2D eigenvalue weighted by molar-refractivity contribution is 5.90. The first kappa shape index (κ1) is 19.9. The molecule has 2 heterocycles. The van der Waals surface area contributed by atoms with Crippen LogP contribution in [0.5, 0.6) is 0 Å². The zero-order chi connectivity index (χ0) is 20.6. The van der Waals surface area contributed by atoms with Crippen LogP contribution in [0.4, 0.5) is 5.69 Å². The summed E-state index contributed by atoms with van der Waals surface area (Å²) in [6.07, 6.45) is 5.73. The van der Waals surface area contributed by atoms with Crippen molar-refractivity contribution in [3.05, 3.63) is 35.9 Å². The zero-order valence-corrected chi connectivity index (χ0v) is 17.1. The van der Waals surface area contributed by atoms with Crippen LogP contribution in [0.15, 0.2) is 30.3 Å². The van der Waals surface area contributed by atoms with E-state index in [-0.39, 0.29) is 11.3 Å². The van der Waals surface area contributed by atoms with Gasteiger partial charge in [-0.25, -0.2) is 5.48 Å². The lowest BCUT2D eigenvalue weighted by Crippen LogP contribution is -2.59. The molecule has 2 fully saturated rings. The molecule has 156 valence electrons. The Bertz CT molecular complexity index is 831. The van der Waals surface area contributed by atoms with Crippen molar-refractivity contribution in [2.75, 3.05) is 38.6 Å². The molecule has 1 saturated heterocycles. The van der Waals surface area contributed by atoms with Crippen molar-refractivity contribution in [3.63, 3.8) is 0 Å². The highest BCUT2D eigenvalue weighted by Crippen LogP contribution is 2.52. The quantitative estimate of drug-likeness (QED) is 0.530. The van der Waals surface area contributed by atoms with Gasteiger partial charge in [0.05, 0.1) is 12.0 Å². The van der Waals surface area contributed by atoms with Gasteiger partial charge in [0.1, 0.15) is 0 Å². The Balaban J connectivity index is 1.45. The molecular formula is C22H30N4O3. The molecule has 4 rings (SSSR count). The van der Waals surface area contributed by atoms with E-state index in [2.05, 4.69) is 40.6 Å². The number of anilines is 1. The summed E-state index contributed by atoms with van der Waals surface area (Å²) in [6.45, 7) is 1.94. The number of carbonyl (C=O) groups excluding carboxylic acids is 2. The van der Waals surface area contributed by atoms with Crippen molar-refractivity contribution in [1.82, 2.24) is 15.7 Å². The van der Waals surface area contributed by atoms with E-state index in [1.54, 1.807) is 5.48 Å². The van der Waals surface area contributed by atoms with Crippen LogP contribution < -0.4 is 15.7 Å². The number of nitrogens with zero attached hydrogens (tertiary/aromatic N) is 2. The molecule has 7 heteroatoms. The van der Waals surface area contributed by atoms with Crippen molar-refractivity contribution in [2.24, 2.45) is 11.3 Å². The summed E-state index contributed by atoms with van der Waals surface area (Å²) in [7, 11) is 4.05. The molecule has 1 saturated carbocycles. The van der Waals surface area contributed by atoms with Gasteiger partial charge < -0.3 is 15.1 Å². The highest BCUT2D eigenvalue weighted by Gasteiger charge is 2.52. The molecule has 0 aromatic heterocycles. The van der Waals surface area contributed by atoms with E-state index in [1.807, 2.05) is 19.0 Å². The van der Waals surface area contributed by atoms with Crippen molar-refractivity contribution in [3.8, 4) is 0 Å². The third kappa shape index (κ3) is 4.02. The van der Waals surface area contributed by atoms with Gasteiger partial charge in [-0.15, -0.1) is 0 Å². The maximum atomic E-state index is 13.2. The van der Waals surface area contributed by atoms with Gasteiger partial charge in [-0.3, -0.25) is 14.8 Å². The number of carbonyl (C=O) groups is 2.